The second-order valence-electron chi connectivity index (χ2n) is 5.27. The number of nitrogens with zero attached hydrogens (tertiary/aromatic N) is 2. The first-order chi connectivity index (χ1) is 11.1. The minimum atomic E-state index is -0.902. The van der Waals surface area contributed by atoms with Gasteiger partial charge < -0.3 is 14.5 Å². The number of hydrogen-bond acceptors (Lipinski definition) is 5. The van der Waals surface area contributed by atoms with E-state index in [0.717, 1.165) is 11.3 Å². The van der Waals surface area contributed by atoms with Gasteiger partial charge in [0.25, 0.3) is 5.91 Å². The third-order valence-corrected chi connectivity index (χ3v) is 4.78. The molecule has 1 N–H and O–H groups in total. The molecular weight excluding hydrogens is 316 g/mol. The van der Waals surface area contributed by atoms with Crippen molar-refractivity contribution in [1.29, 1.82) is 0 Å². The summed E-state index contributed by atoms with van der Waals surface area (Å²) in [6, 6.07) is 10.7. The largest absolute Gasteiger partial charge is 0.481 e. The molecule has 120 valence electrons. The standard InChI is InChI=1S/C16H16N2O4S/c19-15(20)8-12-10-23-7-6-18(12)16(21)13-9-14(22-17-13)11-4-2-1-3-5-11/h1-5,9,12H,6-8,10H2,(H,19,20). The molecule has 0 bridgehead atoms. The first-order valence-electron chi connectivity index (χ1n) is 7.28. The molecule has 1 atom stereocenters. The molecule has 6 nitrogen and oxygen atoms in total. The molecular formula is C16H16N2O4S. The number of carbonyl (C=O) groups excluding carboxylic acids is 1. The van der Waals surface area contributed by atoms with E-state index in [-0.39, 0.29) is 24.1 Å². The van der Waals surface area contributed by atoms with Gasteiger partial charge in [-0.2, -0.15) is 11.8 Å². The van der Waals surface area contributed by atoms with Crippen LogP contribution in [-0.4, -0.2) is 51.1 Å². The Labute approximate surface area is 137 Å². The van der Waals surface area contributed by atoms with Gasteiger partial charge in [-0.15, -0.1) is 0 Å². The molecule has 0 aliphatic carbocycles. The highest BCUT2D eigenvalue weighted by Crippen LogP contribution is 2.24. The lowest BCUT2D eigenvalue weighted by Crippen LogP contribution is -2.47. The summed E-state index contributed by atoms with van der Waals surface area (Å²) in [4.78, 5) is 25.2. The second kappa shape index (κ2) is 6.87. The molecule has 1 aromatic carbocycles. The Morgan fingerprint density at radius 2 is 2.13 bits per heavy atom. The van der Waals surface area contributed by atoms with Crippen LogP contribution >= 0.6 is 11.8 Å². The van der Waals surface area contributed by atoms with Gasteiger partial charge in [-0.3, -0.25) is 9.59 Å². The Morgan fingerprint density at radius 3 is 2.87 bits per heavy atom. The first kappa shape index (κ1) is 15.6. The van der Waals surface area contributed by atoms with Crippen molar-refractivity contribution in [2.45, 2.75) is 12.5 Å². The molecule has 1 amide bonds. The molecule has 1 unspecified atom stereocenters. The summed E-state index contributed by atoms with van der Waals surface area (Å²) < 4.78 is 5.26. The van der Waals surface area contributed by atoms with E-state index in [1.165, 1.54) is 0 Å². The SMILES string of the molecule is O=C(O)CC1CSCCN1C(=O)c1cc(-c2ccccc2)on1. The summed E-state index contributed by atoms with van der Waals surface area (Å²) in [7, 11) is 0. The van der Waals surface area contributed by atoms with Crippen LogP contribution in [0.5, 0.6) is 0 Å². The number of aliphatic carboxylic acids is 1. The Bertz CT molecular complexity index is 701. The van der Waals surface area contributed by atoms with Gasteiger partial charge in [-0.25, -0.2) is 0 Å². The normalized spacial score (nSPS) is 17.9. The fourth-order valence-electron chi connectivity index (χ4n) is 2.55. The van der Waals surface area contributed by atoms with Crippen molar-refractivity contribution in [3.63, 3.8) is 0 Å². The topological polar surface area (TPSA) is 83.6 Å². The predicted molar refractivity (Wildman–Crippen MR) is 86.3 cm³/mol. The zero-order chi connectivity index (χ0) is 16.2. The zero-order valence-electron chi connectivity index (χ0n) is 12.3. The average molecular weight is 332 g/mol. The number of carbonyl (C=O) groups is 2. The molecule has 3 rings (SSSR count). The highest BCUT2D eigenvalue weighted by molar-refractivity contribution is 7.99. The lowest BCUT2D eigenvalue weighted by atomic mass is 10.1. The van der Waals surface area contributed by atoms with Crippen LogP contribution in [0.15, 0.2) is 40.9 Å². The maximum absolute atomic E-state index is 12.6. The van der Waals surface area contributed by atoms with E-state index in [2.05, 4.69) is 5.16 Å². The van der Waals surface area contributed by atoms with Gasteiger partial charge in [0.2, 0.25) is 0 Å². The summed E-state index contributed by atoms with van der Waals surface area (Å²) in [6.07, 6.45) is -0.0534. The smallest absolute Gasteiger partial charge is 0.305 e. The van der Waals surface area contributed by atoms with Crippen molar-refractivity contribution in [2.75, 3.05) is 18.1 Å². The monoisotopic (exact) mass is 332 g/mol. The lowest BCUT2D eigenvalue weighted by Gasteiger charge is -2.33. The number of aromatic nitrogens is 1. The number of benzene rings is 1. The van der Waals surface area contributed by atoms with Gasteiger partial charge in [0.15, 0.2) is 11.5 Å². The molecule has 0 spiro atoms. The van der Waals surface area contributed by atoms with E-state index in [1.54, 1.807) is 22.7 Å². The van der Waals surface area contributed by atoms with E-state index < -0.39 is 5.97 Å². The van der Waals surface area contributed by atoms with Gasteiger partial charge in [0.1, 0.15) is 0 Å². The van der Waals surface area contributed by atoms with Gasteiger partial charge in [0.05, 0.1) is 12.5 Å². The second-order valence-corrected chi connectivity index (χ2v) is 6.42. The highest BCUT2D eigenvalue weighted by atomic mass is 32.2. The fourth-order valence-corrected chi connectivity index (χ4v) is 3.62. The predicted octanol–water partition coefficient (Wildman–Crippen LogP) is 2.37. The summed E-state index contributed by atoms with van der Waals surface area (Å²) >= 11 is 1.66. The summed E-state index contributed by atoms with van der Waals surface area (Å²) in [5.74, 6) is 0.769. The molecule has 1 fully saturated rings. The van der Waals surface area contributed by atoms with E-state index in [9.17, 15) is 9.59 Å². The summed E-state index contributed by atoms with van der Waals surface area (Å²) in [6.45, 7) is 0.523. The van der Waals surface area contributed by atoms with Crippen LogP contribution in [0.4, 0.5) is 0 Å². The van der Waals surface area contributed by atoms with Crippen LogP contribution in [-0.2, 0) is 4.79 Å². The summed E-state index contributed by atoms with van der Waals surface area (Å²) in [5, 5.41) is 12.9. The van der Waals surface area contributed by atoms with Gasteiger partial charge in [-0.05, 0) is 0 Å². The van der Waals surface area contributed by atoms with Gasteiger partial charge in [-0.1, -0.05) is 35.5 Å². The third-order valence-electron chi connectivity index (χ3n) is 3.69. The van der Waals surface area contributed by atoms with Crippen molar-refractivity contribution in [3.8, 4) is 11.3 Å². The maximum atomic E-state index is 12.6. The average Bonchev–Trinajstić information content (AvgIpc) is 3.05. The maximum Gasteiger partial charge on any atom is 0.305 e. The van der Waals surface area contributed by atoms with Crippen LogP contribution in [0.2, 0.25) is 0 Å². The number of carboxylic acids is 1. The van der Waals surface area contributed by atoms with E-state index in [4.69, 9.17) is 9.63 Å². The van der Waals surface area contributed by atoms with Crippen molar-refractivity contribution in [3.05, 3.63) is 42.1 Å². The molecule has 0 saturated carbocycles. The first-order valence-corrected chi connectivity index (χ1v) is 8.43. The fraction of sp³-hybridized carbons (Fsp3) is 0.312. The number of amides is 1. The van der Waals surface area contributed by atoms with E-state index >= 15 is 0 Å². The minimum Gasteiger partial charge on any atom is -0.481 e. The minimum absolute atomic E-state index is 0.0534. The Kier molecular flexibility index (Phi) is 4.66. The molecule has 1 aromatic heterocycles. The van der Waals surface area contributed by atoms with Gasteiger partial charge >= 0.3 is 5.97 Å². The van der Waals surface area contributed by atoms with Crippen LogP contribution in [0, 0.1) is 0 Å². The number of thioether (sulfide) groups is 1. The van der Waals surface area contributed by atoms with E-state index in [0.29, 0.717) is 18.1 Å². The van der Waals surface area contributed by atoms with Crippen LogP contribution in [0.25, 0.3) is 11.3 Å². The lowest BCUT2D eigenvalue weighted by molar-refractivity contribution is -0.138. The highest BCUT2D eigenvalue weighted by Gasteiger charge is 2.31. The quantitative estimate of drug-likeness (QED) is 0.925. The van der Waals surface area contributed by atoms with E-state index in [1.807, 2.05) is 30.3 Å². The number of hydrogen-bond donors (Lipinski definition) is 1. The molecule has 1 aliphatic rings. The zero-order valence-corrected chi connectivity index (χ0v) is 13.2. The third kappa shape index (κ3) is 3.56. The Balaban J connectivity index is 1.79. The molecule has 23 heavy (non-hydrogen) atoms. The summed E-state index contributed by atoms with van der Waals surface area (Å²) in [5.41, 5.74) is 1.06. The molecule has 1 aliphatic heterocycles. The molecule has 7 heteroatoms. The number of rotatable bonds is 4. The van der Waals surface area contributed by atoms with Crippen molar-refractivity contribution < 1.29 is 19.2 Å². The van der Waals surface area contributed by atoms with Gasteiger partial charge in [0, 0.05) is 29.7 Å². The van der Waals surface area contributed by atoms with Crippen molar-refractivity contribution >= 4 is 23.6 Å². The number of carboxylic acid groups (broad SMARTS) is 1. The Hall–Kier alpha value is -2.28. The van der Waals surface area contributed by atoms with Crippen molar-refractivity contribution in [1.82, 2.24) is 10.1 Å². The molecule has 0 radical (unpaired) electrons. The molecule has 1 saturated heterocycles. The molecule has 2 aromatic rings. The van der Waals surface area contributed by atoms with Crippen LogP contribution in [0.1, 0.15) is 16.9 Å². The van der Waals surface area contributed by atoms with Crippen LogP contribution in [0.3, 0.4) is 0 Å². The Morgan fingerprint density at radius 1 is 1.35 bits per heavy atom. The van der Waals surface area contributed by atoms with Crippen LogP contribution < -0.4 is 0 Å². The molecule has 2 heterocycles. The van der Waals surface area contributed by atoms with Crippen molar-refractivity contribution in [2.24, 2.45) is 0 Å².